The zero-order chi connectivity index (χ0) is 34.5. The van der Waals surface area contributed by atoms with Crippen molar-refractivity contribution in [1.82, 2.24) is 0 Å². The first-order valence-electron chi connectivity index (χ1n) is 18.7. The van der Waals surface area contributed by atoms with Gasteiger partial charge in [-0.2, -0.15) is 0 Å². The topological polar surface area (TPSA) is 149 Å². The highest BCUT2D eigenvalue weighted by Crippen LogP contribution is 2.42. The number of aliphatic hydroxyl groups is 4. The second kappa shape index (κ2) is 25.0. The molecule has 1 fully saturated rings. The summed E-state index contributed by atoms with van der Waals surface area (Å²) in [7, 11) is -4.83. The van der Waals surface area contributed by atoms with Crippen LogP contribution in [0.2, 0.25) is 0 Å². The number of ether oxygens (including phenoxy) is 1. The van der Waals surface area contributed by atoms with Gasteiger partial charge in [-0.05, 0) is 42.4 Å². The molecule has 0 saturated carbocycles. The van der Waals surface area contributed by atoms with E-state index in [0.717, 1.165) is 42.9 Å². The highest BCUT2D eigenvalue weighted by Gasteiger charge is 2.45. The van der Waals surface area contributed by atoms with Crippen LogP contribution >= 0.6 is 7.82 Å². The first-order chi connectivity index (χ1) is 21.8. The van der Waals surface area contributed by atoms with E-state index in [1.165, 1.54) is 89.9 Å². The van der Waals surface area contributed by atoms with Gasteiger partial charge in [0.25, 0.3) is 7.82 Å². The first kappa shape index (κ1) is 43.9. The van der Waals surface area contributed by atoms with Crippen LogP contribution < -0.4 is 4.89 Å². The van der Waals surface area contributed by atoms with Crippen molar-refractivity contribution in [3.8, 4) is 0 Å². The number of aliphatic hydroxyl groups excluding tert-OH is 4. The molecular formula is C36H72O9P-. The maximum atomic E-state index is 12.2. The fraction of sp³-hybridized carbons (Fsp3) is 1.00. The van der Waals surface area contributed by atoms with E-state index in [9.17, 15) is 29.9 Å². The largest absolute Gasteiger partial charge is 0.756 e. The molecule has 0 aromatic heterocycles. The van der Waals surface area contributed by atoms with Crippen LogP contribution in [0.3, 0.4) is 0 Å². The number of unbranched alkanes of at least 4 members (excludes halogenated alkanes) is 2. The van der Waals surface area contributed by atoms with E-state index in [4.69, 9.17) is 13.8 Å². The molecular weight excluding hydrogens is 607 g/mol. The molecule has 9 nitrogen and oxygen atoms in total. The minimum Gasteiger partial charge on any atom is -0.756 e. The average Bonchev–Trinajstić information content (AvgIpc) is 2.99. The van der Waals surface area contributed by atoms with Gasteiger partial charge in [-0.15, -0.1) is 0 Å². The second-order valence-corrected chi connectivity index (χ2v) is 16.3. The van der Waals surface area contributed by atoms with Gasteiger partial charge in [0.05, 0.1) is 13.2 Å². The van der Waals surface area contributed by atoms with E-state index in [2.05, 4.69) is 41.5 Å². The summed E-state index contributed by atoms with van der Waals surface area (Å²) in [4.78, 5) is 12.2. The molecule has 11 atom stereocenters. The molecule has 0 amide bonds. The minimum atomic E-state index is -4.83. The Hall–Kier alpha value is -0.0900. The standard InChI is InChI=1S/C36H73O9P/c1-7-8-9-15-27(2)16-10-17-28(3)18-11-19-29(4)20-12-21-30(5)22-13-23-31(6)24-14-25-43-46(41,42)45-36-35(40)34(39)33(38)32(26-37)44-36/h27-40H,7-26H2,1-6H3,(H,41,42)/p-1/t27-,28-,29-,30-,31-,32+,33+,34-,35-,36+/m0/s1. The first-order valence-corrected chi connectivity index (χ1v) is 20.2. The normalized spacial score (nSPS) is 26.7. The van der Waals surface area contributed by atoms with E-state index < -0.39 is 45.1 Å². The molecule has 0 radical (unpaired) electrons. The van der Waals surface area contributed by atoms with Gasteiger partial charge in [0.15, 0.2) is 6.29 Å². The summed E-state index contributed by atoms with van der Waals surface area (Å²) in [5, 5.41) is 38.8. The summed E-state index contributed by atoms with van der Waals surface area (Å²) in [5.41, 5.74) is 0. The van der Waals surface area contributed by atoms with Gasteiger partial charge in [0.2, 0.25) is 0 Å². The Labute approximate surface area is 281 Å². The Morgan fingerprint density at radius 2 is 1.02 bits per heavy atom. The van der Waals surface area contributed by atoms with Crippen molar-refractivity contribution < 1.29 is 43.7 Å². The number of phosphoric acid groups is 1. The lowest BCUT2D eigenvalue weighted by atomic mass is 9.89. The van der Waals surface area contributed by atoms with Crippen molar-refractivity contribution in [1.29, 1.82) is 0 Å². The Morgan fingerprint density at radius 3 is 1.41 bits per heavy atom. The zero-order valence-corrected chi connectivity index (χ0v) is 31.1. The summed E-state index contributed by atoms with van der Waals surface area (Å²) in [6, 6.07) is 0. The molecule has 10 heteroatoms. The molecule has 0 aliphatic carbocycles. The van der Waals surface area contributed by atoms with Crippen LogP contribution in [-0.2, 0) is 18.3 Å². The quantitative estimate of drug-likeness (QED) is 0.0487. The summed E-state index contributed by atoms with van der Waals surface area (Å²) in [6.45, 7) is 13.4. The number of hydrogen-bond acceptors (Lipinski definition) is 9. The molecule has 1 aliphatic rings. The smallest absolute Gasteiger partial charge is 0.270 e. The Bertz CT molecular complexity index is 785. The highest BCUT2D eigenvalue weighted by molar-refractivity contribution is 7.45. The molecule has 1 aliphatic heterocycles. The van der Waals surface area contributed by atoms with Crippen molar-refractivity contribution in [2.75, 3.05) is 13.2 Å². The van der Waals surface area contributed by atoms with E-state index >= 15 is 0 Å². The third-order valence-electron chi connectivity index (χ3n) is 10.0. The predicted octanol–water partition coefficient (Wildman–Crippen LogP) is 7.51. The van der Waals surface area contributed by atoms with Gasteiger partial charge in [0.1, 0.15) is 24.4 Å². The fourth-order valence-electron chi connectivity index (χ4n) is 6.64. The number of hydrogen-bond donors (Lipinski definition) is 4. The fourth-order valence-corrected chi connectivity index (χ4v) is 7.49. The molecule has 1 rings (SSSR count). The van der Waals surface area contributed by atoms with Gasteiger partial charge in [0, 0.05) is 0 Å². The molecule has 276 valence electrons. The molecule has 0 aromatic carbocycles. The van der Waals surface area contributed by atoms with Crippen LogP contribution in [0.15, 0.2) is 0 Å². The van der Waals surface area contributed by atoms with Crippen LogP contribution in [-0.4, -0.2) is 64.3 Å². The van der Waals surface area contributed by atoms with E-state index in [1.807, 2.05) is 0 Å². The van der Waals surface area contributed by atoms with E-state index in [-0.39, 0.29) is 6.61 Å². The van der Waals surface area contributed by atoms with Crippen LogP contribution in [0, 0.1) is 29.6 Å². The second-order valence-electron chi connectivity index (χ2n) is 15.0. The molecule has 0 spiro atoms. The van der Waals surface area contributed by atoms with Crippen LogP contribution in [0.4, 0.5) is 0 Å². The SMILES string of the molecule is CCCCC[C@H](C)CCC[C@H](C)CCC[C@H](C)CCC[C@H](C)CCC[C@H](C)CCCOP(=O)([O-])O[C@H]1O[C@H](CO)[C@@H](O)[C@H](O)[C@@H]1O. The van der Waals surface area contributed by atoms with Crippen LogP contribution in [0.25, 0.3) is 0 Å². The molecule has 0 aromatic rings. The minimum absolute atomic E-state index is 0.0610. The molecule has 4 N–H and O–H groups in total. The molecule has 1 heterocycles. The van der Waals surface area contributed by atoms with Gasteiger partial charge in [-0.25, -0.2) is 0 Å². The van der Waals surface area contributed by atoms with Gasteiger partial charge in [-0.1, -0.05) is 144 Å². The van der Waals surface area contributed by atoms with Crippen molar-refractivity contribution in [3.63, 3.8) is 0 Å². The maximum Gasteiger partial charge on any atom is 0.270 e. The van der Waals surface area contributed by atoms with E-state index in [1.54, 1.807) is 0 Å². The third-order valence-corrected chi connectivity index (χ3v) is 11.0. The summed E-state index contributed by atoms with van der Waals surface area (Å²) < 4.78 is 27.0. The zero-order valence-electron chi connectivity index (χ0n) is 30.2. The van der Waals surface area contributed by atoms with Crippen LogP contribution in [0.5, 0.6) is 0 Å². The lowest BCUT2D eigenvalue weighted by Gasteiger charge is -2.41. The average molecular weight is 680 g/mol. The molecule has 1 unspecified atom stereocenters. The Morgan fingerprint density at radius 1 is 0.630 bits per heavy atom. The van der Waals surface area contributed by atoms with Crippen molar-refractivity contribution >= 4 is 7.82 Å². The maximum absolute atomic E-state index is 12.2. The monoisotopic (exact) mass is 679 g/mol. The molecule has 0 bridgehead atoms. The van der Waals surface area contributed by atoms with Crippen molar-refractivity contribution in [2.45, 2.75) is 188 Å². The molecule has 46 heavy (non-hydrogen) atoms. The Kier molecular flexibility index (Phi) is 23.8. The summed E-state index contributed by atoms with van der Waals surface area (Å²) in [6.07, 6.45) is 14.4. The van der Waals surface area contributed by atoms with Gasteiger partial charge >= 0.3 is 0 Å². The van der Waals surface area contributed by atoms with Gasteiger partial charge < -0.3 is 34.6 Å². The van der Waals surface area contributed by atoms with Gasteiger partial charge in [-0.3, -0.25) is 9.09 Å². The summed E-state index contributed by atoms with van der Waals surface area (Å²) >= 11 is 0. The predicted molar refractivity (Wildman–Crippen MR) is 183 cm³/mol. The highest BCUT2D eigenvalue weighted by atomic mass is 31.2. The van der Waals surface area contributed by atoms with Crippen molar-refractivity contribution in [2.24, 2.45) is 29.6 Å². The lowest BCUT2D eigenvalue weighted by Crippen LogP contribution is -2.59. The summed E-state index contributed by atoms with van der Waals surface area (Å²) in [5.74, 6) is 3.73. The Balaban J connectivity index is 2.08. The third kappa shape index (κ3) is 19.8. The van der Waals surface area contributed by atoms with Crippen LogP contribution in [0.1, 0.15) is 157 Å². The number of phosphoric ester groups is 1. The van der Waals surface area contributed by atoms with E-state index in [0.29, 0.717) is 12.3 Å². The van der Waals surface area contributed by atoms with Crippen molar-refractivity contribution in [3.05, 3.63) is 0 Å². The lowest BCUT2D eigenvalue weighted by molar-refractivity contribution is -0.304. The molecule has 1 saturated heterocycles. The number of rotatable bonds is 28.